The van der Waals surface area contributed by atoms with Gasteiger partial charge in [-0.3, -0.25) is 19.3 Å². The van der Waals surface area contributed by atoms with Crippen molar-refractivity contribution >= 4 is 40.1 Å². The Hall–Kier alpha value is -3.81. The van der Waals surface area contributed by atoms with Crippen LogP contribution in [0.15, 0.2) is 24.5 Å². The molecule has 0 saturated carbocycles. The third-order valence-corrected chi connectivity index (χ3v) is 13.1. The Morgan fingerprint density at radius 1 is 1.07 bits per heavy atom. The molecule has 1 amide bonds. The molecule has 18 heteroatoms. The molecule has 2 aromatic heterocycles. The average molecular weight is 832 g/mol. The number of allylic oxidation sites excluding steroid dienone is 1. The standard InChI is InChI=1S/C40H61N7O10S/c1-12-29-40(8)33(47(38(52)57-40)16-14-13-15-46-20-26(43-44-46)28-19-42-37(41)58-28)23(4)30(48)21(2)18-39(7,53-11)34(24(5)31(49)25(6)35(51)55-29)56-36-32(50)27(45(9)10)17-22(3)54-36/h13-14,19-25,27,29,32-34,36,50H,12,15-18H2,1-11H3,(H2,41,42)/b14-13+/t21-,22?,23+,24+,25-,27?,29-,32?,33-,34-,36+,39-,40-/m1/s1. The number of nitrogen functional groups attached to an aromatic ring is 1. The number of anilines is 1. The highest BCUT2D eigenvalue weighted by Gasteiger charge is 2.60. The van der Waals surface area contributed by atoms with E-state index in [-0.39, 0.29) is 37.3 Å². The lowest BCUT2D eigenvalue weighted by atomic mass is 9.73. The number of aliphatic hydroxyl groups is 1. The number of methoxy groups -OCH3 is 1. The van der Waals surface area contributed by atoms with Crippen LogP contribution >= 0.6 is 11.3 Å². The van der Waals surface area contributed by atoms with Gasteiger partial charge in [0.1, 0.15) is 29.6 Å². The number of carbonyl (C=O) groups excluding carboxylic acids is 4. The molecule has 3 aliphatic rings. The first kappa shape index (κ1) is 45.3. The van der Waals surface area contributed by atoms with E-state index in [4.69, 9.17) is 29.4 Å². The van der Waals surface area contributed by atoms with Gasteiger partial charge in [-0.15, -0.1) is 5.10 Å². The van der Waals surface area contributed by atoms with E-state index < -0.39 is 83.4 Å². The van der Waals surface area contributed by atoms with Crippen LogP contribution in [-0.2, 0) is 44.6 Å². The van der Waals surface area contributed by atoms with E-state index in [0.717, 1.165) is 4.88 Å². The van der Waals surface area contributed by atoms with Gasteiger partial charge in [0.25, 0.3) is 0 Å². The SMILES string of the molecule is CC[C@H]1OC(=O)[C@H](C)C(=O)[C@H](C)[C@@H](O[C@@H]2OC(C)CC(N(C)C)C2O)[C@](C)(OC)C[C@@H](C)C(=O)[C@H](C)[C@H]2N(C/C=C/Cn3cc(-c4cnc(N)s4)nn3)C(=O)O[C@]12C. The van der Waals surface area contributed by atoms with Crippen molar-refractivity contribution in [3.63, 3.8) is 0 Å². The van der Waals surface area contributed by atoms with Crippen LogP contribution in [0.3, 0.4) is 0 Å². The number of aromatic nitrogens is 4. The summed E-state index contributed by atoms with van der Waals surface area (Å²) in [5, 5.41) is 20.2. The van der Waals surface area contributed by atoms with Crippen LogP contribution < -0.4 is 5.73 Å². The normalized spacial score (nSPS) is 36.9. The number of amides is 1. The summed E-state index contributed by atoms with van der Waals surface area (Å²) in [6, 6.07) is -1.15. The van der Waals surface area contributed by atoms with E-state index in [1.54, 1.807) is 64.7 Å². The van der Waals surface area contributed by atoms with Gasteiger partial charge in [0.2, 0.25) is 0 Å². The first-order valence-electron chi connectivity index (χ1n) is 20.0. The van der Waals surface area contributed by atoms with Gasteiger partial charge < -0.3 is 39.4 Å². The number of rotatable bonds is 10. The molecule has 0 aliphatic carbocycles. The van der Waals surface area contributed by atoms with Crippen molar-refractivity contribution in [2.24, 2.45) is 23.7 Å². The fraction of sp³-hybridized carbons (Fsp3) is 0.725. The molecule has 0 spiro atoms. The second kappa shape index (κ2) is 18.2. The number of likely N-dealkylation sites (N-methyl/N-ethyl adjacent to an activating group) is 1. The predicted molar refractivity (Wildman–Crippen MR) is 214 cm³/mol. The summed E-state index contributed by atoms with van der Waals surface area (Å²) < 4.78 is 32.7. The lowest BCUT2D eigenvalue weighted by molar-refractivity contribution is -0.295. The molecule has 3 unspecified atom stereocenters. The maximum absolute atomic E-state index is 14.7. The summed E-state index contributed by atoms with van der Waals surface area (Å²) in [5.41, 5.74) is 3.65. The molecule has 3 aliphatic heterocycles. The van der Waals surface area contributed by atoms with Gasteiger partial charge in [-0.25, -0.2) is 14.5 Å². The van der Waals surface area contributed by atoms with Crippen molar-refractivity contribution in [3.8, 4) is 10.6 Å². The minimum atomic E-state index is -1.45. The number of cyclic esters (lactones) is 1. The number of carbonyl (C=O) groups is 4. The Bertz CT molecular complexity index is 1820. The van der Waals surface area contributed by atoms with Gasteiger partial charge in [0, 0.05) is 43.6 Å². The number of hydrogen-bond acceptors (Lipinski definition) is 16. The molecule has 3 fully saturated rings. The molecule has 0 aromatic carbocycles. The highest BCUT2D eigenvalue weighted by atomic mass is 32.1. The highest BCUT2D eigenvalue weighted by Crippen LogP contribution is 2.43. The summed E-state index contributed by atoms with van der Waals surface area (Å²) >= 11 is 1.30. The van der Waals surface area contributed by atoms with Crippen molar-refractivity contribution < 1.29 is 48.0 Å². The summed E-state index contributed by atoms with van der Waals surface area (Å²) in [7, 11) is 5.21. The molecule has 3 N–H and O–H groups in total. The molecule has 0 radical (unpaired) electrons. The maximum atomic E-state index is 14.7. The molecule has 5 rings (SSSR count). The molecule has 0 bridgehead atoms. The summed E-state index contributed by atoms with van der Waals surface area (Å²) in [4.78, 5) is 64.9. The molecule has 2 aromatic rings. The molecule has 322 valence electrons. The van der Waals surface area contributed by atoms with E-state index in [0.29, 0.717) is 23.8 Å². The van der Waals surface area contributed by atoms with Gasteiger partial charge >= 0.3 is 12.1 Å². The number of Topliss-reactive ketones (excluding diaryl/α,β-unsaturated/α-hetero) is 2. The van der Waals surface area contributed by atoms with E-state index in [9.17, 15) is 24.3 Å². The Morgan fingerprint density at radius 3 is 2.38 bits per heavy atom. The molecular weight excluding hydrogens is 771 g/mol. The molecule has 13 atom stereocenters. The number of hydrogen-bond donors (Lipinski definition) is 2. The molecular formula is C40H61N7O10S. The van der Waals surface area contributed by atoms with Crippen LogP contribution in [0, 0.1) is 23.7 Å². The largest absolute Gasteiger partial charge is 0.458 e. The number of aliphatic hydroxyl groups excluding tert-OH is 1. The smallest absolute Gasteiger partial charge is 0.411 e. The van der Waals surface area contributed by atoms with E-state index in [1.807, 2.05) is 32.0 Å². The van der Waals surface area contributed by atoms with Gasteiger partial charge in [0.05, 0.1) is 41.5 Å². The molecule has 5 heterocycles. The minimum absolute atomic E-state index is 0.0799. The minimum Gasteiger partial charge on any atom is -0.458 e. The van der Waals surface area contributed by atoms with E-state index in [2.05, 4.69) is 15.3 Å². The van der Waals surface area contributed by atoms with Gasteiger partial charge in [0.15, 0.2) is 22.8 Å². The number of nitrogens with two attached hydrogens (primary N) is 1. The maximum Gasteiger partial charge on any atom is 0.411 e. The second-order valence-electron chi connectivity index (χ2n) is 16.7. The van der Waals surface area contributed by atoms with Gasteiger partial charge in [-0.1, -0.05) is 56.4 Å². The number of fused-ring (bicyclic) bond motifs is 1. The zero-order valence-corrected chi connectivity index (χ0v) is 36.3. The van der Waals surface area contributed by atoms with Crippen molar-refractivity contribution in [1.82, 2.24) is 29.8 Å². The number of nitrogens with zero attached hydrogens (tertiary/aromatic N) is 6. The number of esters is 1. The van der Waals surface area contributed by atoms with Crippen LogP contribution in [-0.4, -0.2) is 140 Å². The lowest BCUT2D eigenvalue weighted by Crippen LogP contribution is -2.60. The number of ether oxygens (including phenoxy) is 5. The second-order valence-corrected chi connectivity index (χ2v) is 17.8. The van der Waals surface area contributed by atoms with Gasteiger partial charge in [-0.05, 0) is 61.1 Å². The van der Waals surface area contributed by atoms with Crippen LogP contribution in [0.25, 0.3) is 10.6 Å². The van der Waals surface area contributed by atoms with Crippen LogP contribution in [0.1, 0.15) is 74.7 Å². The van der Waals surface area contributed by atoms with Crippen molar-refractivity contribution in [2.45, 2.75) is 135 Å². The van der Waals surface area contributed by atoms with E-state index >= 15 is 0 Å². The van der Waals surface area contributed by atoms with Gasteiger partial charge in [-0.2, -0.15) is 0 Å². The quantitative estimate of drug-likeness (QED) is 0.198. The molecule has 3 saturated heterocycles. The summed E-state index contributed by atoms with van der Waals surface area (Å²) in [5.74, 6) is -5.16. The Morgan fingerprint density at radius 2 is 1.76 bits per heavy atom. The van der Waals surface area contributed by atoms with Crippen molar-refractivity contribution in [1.29, 1.82) is 0 Å². The van der Waals surface area contributed by atoms with Crippen LogP contribution in [0.2, 0.25) is 0 Å². The topological polar surface area (TPSA) is 211 Å². The van der Waals surface area contributed by atoms with Crippen molar-refractivity contribution in [2.75, 3.05) is 33.5 Å². The van der Waals surface area contributed by atoms with E-state index in [1.165, 1.54) is 30.3 Å². The monoisotopic (exact) mass is 831 g/mol. The first-order valence-corrected chi connectivity index (χ1v) is 20.8. The first-order chi connectivity index (χ1) is 27.3. The Kier molecular flexibility index (Phi) is 14.2. The third kappa shape index (κ3) is 9.16. The highest BCUT2D eigenvalue weighted by molar-refractivity contribution is 7.18. The lowest BCUT2D eigenvalue weighted by Gasteiger charge is -2.47. The zero-order chi connectivity index (χ0) is 42.9. The Balaban J connectivity index is 1.46. The fourth-order valence-corrected chi connectivity index (χ4v) is 9.58. The number of thiazole rings is 1. The van der Waals surface area contributed by atoms with Crippen LogP contribution in [0.5, 0.6) is 0 Å². The third-order valence-electron chi connectivity index (χ3n) is 12.2. The average Bonchev–Trinajstić information content (AvgIpc) is 3.90. The van der Waals surface area contributed by atoms with Crippen molar-refractivity contribution in [3.05, 3.63) is 24.5 Å². The molecule has 17 nitrogen and oxygen atoms in total. The molecule has 58 heavy (non-hydrogen) atoms. The fourth-order valence-electron chi connectivity index (χ4n) is 8.94. The Labute approximate surface area is 344 Å². The zero-order valence-electron chi connectivity index (χ0n) is 35.5. The summed E-state index contributed by atoms with van der Waals surface area (Å²) in [6.07, 6.45) is 2.71. The summed E-state index contributed by atoms with van der Waals surface area (Å²) in [6.45, 7) is 14.2. The predicted octanol–water partition coefficient (Wildman–Crippen LogP) is 3.74. The van der Waals surface area contributed by atoms with Crippen LogP contribution in [0.4, 0.5) is 9.93 Å². The number of ketones is 2.